The first-order valence-electron chi connectivity index (χ1n) is 10.2. The van der Waals surface area contributed by atoms with Gasteiger partial charge in [-0.1, -0.05) is 25.1 Å². The van der Waals surface area contributed by atoms with Gasteiger partial charge in [0.2, 0.25) is 0 Å². The summed E-state index contributed by atoms with van der Waals surface area (Å²) in [6, 6.07) is 8.45. The smallest absolute Gasteiger partial charge is 0.259 e. The zero-order valence-corrected chi connectivity index (χ0v) is 16.6. The van der Waals surface area contributed by atoms with Gasteiger partial charge in [0.25, 0.3) is 5.56 Å². The molecule has 1 aliphatic carbocycles. The fourth-order valence-corrected chi connectivity index (χ4v) is 4.28. The summed E-state index contributed by atoms with van der Waals surface area (Å²) in [6.45, 7) is 4.13. The normalized spacial score (nSPS) is 15.5. The second kappa shape index (κ2) is 6.99. The average Bonchev–Trinajstić information content (AvgIpc) is 3.16. The van der Waals surface area contributed by atoms with Crippen LogP contribution >= 0.6 is 0 Å². The van der Waals surface area contributed by atoms with Gasteiger partial charge in [-0.2, -0.15) is 0 Å². The topological polar surface area (TPSA) is 88.5 Å². The first-order valence-corrected chi connectivity index (χ1v) is 10.2. The van der Waals surface area contributed by atoms with Crippen LogP contribution in [0.15, 0.2) is 41.7 Å². The van der Waals surface area contributed by atoms with E-state index >= 15 is 0 Å². The van der Waals surface area contributed by atoms with Crippen LogP contribution in [0.1, 0.15) is 55.9 Å². The minimum Gasteiger partial charge on any atom is -0.360 e. The summed E-state index contributed by atoms with van der Waals surface area (Å²) in [5.74, 6) is 0.681. The highest BCUT2D eigenvalue weighted by atomic mass is 16.1. The number of aromatic nitrogens is 5. The van der Waals surface area contributed by atoms with E-state index < -0.39 is 0 Å². The van der Waals surface area contributed by atoms with Crippen LogP contribution in [0.3, 0.4) is 0 Å². The molecule has 0 radical (unpaired) electrons. The monoisotopic (exact) mass is 388 g/mol. The predicted molar refractivity (Wildman–Crippen MR) is 114 cm³/mol. The summed E-state index contributed by atoms with van der Waals surface area (Å²) in [7, 11) is 0. The molecule has 3 aromatic heterocycles. The molecule has 1 unspecified atom stereocenters. The summed E-state index contributed by atoms with van der Waals surface area (Å²) in [4.78, 5) is 29.5. The van der Waals surface area contributed by atoms with E-state index in [1.54, 1.807) is 6.33 Å². The molecule has 2 N–H and O–H groups in total. The molecular weight excluding hydrogens is 364 g/mol. The van der Waals surface area contributed by atoms with E-state index in [-0.39, 0.29) is 17.6 Å². The zero-order valence-electron chi connectivity index (χ0n) is 16.6. The number of nitrogens with one attached hydrogen (secondary N) is 2. The lowest BCUT2D eigenvalue weighted by Crippen LogP contribution is -2.34. The molecule has 7 nitrogen and oxygen atoms in total. The van der Waals surface area contributed by atoms with Crippen molar-refractivity contribution < 1.29 is 0 Å². The number of imidazole rings is 1. The summed E-state index contributed by atoms with van der Waals surface area (Å²) >= 11 is 0. The van der Waals surface area contributed by atoms with Gasteiger partial charge in [0, 0.05) is 11.7 Å². The second-order valence-corrected chi connectivity index (χ2v) is 7.80. The van der Waals surface area contributed by atoms with E-state index in [0.29, 0.717) is 17.0 Å². The summed E-state index contributed by atoms with van der Waals surface area (Å²) in [5, 5.41) is 5.35. The van der Waals surface area contributed by atoms with Crippen LogP contribution in [0.2, 0.25) is 0 Å². The van der Waals surface area contributed by atoms with Crippen molar-refractivity contribution in [1.82, 2.24) is 24.5 Å². The van der Waals surface area contributed by atoms with Gasteiger partial charge in [0.1, 0.15) is 11.8 Å². The SMILES string of the molecule is CCC(Nc1ncnc2[nH]cnc12)c1cc2cccc(C)c2c(=O)n1C1CCC1. The Morgan fingerprint density at radius 1 is 1.28 bits per heavy atom. The van der Waals surface area contributed by atoms with E-state index in [9.17, 15) is 4.79 Å². The molecule has 1 fully saturated rings. The number of hydrogen-bond donors (Lipinski definition) is 2. The molecule has 1 aromatic carbocycles. The average molecular weight is 388 g/mol. The molecule has 0 saturated heterocycles. The highest BCUT2D eigenvalue weighted by Crippen LogP contribution is 2.35. The number of aromatic amines is 1. The fraction of sp³-hybridized carbons (Fsp3) is 0.364. The third kappa shape index (κ3) is 2.88. The molecule has 1 aliphatic rings. The van der Waals surface area contributed by atoms with Crippen molar-refractivity contribution >= 4 is 27.8 Å². The van der Waals surface area contributed by atoms with Crippen LogP contribution in [0.4, 0.5) is 5.82 Å². The Hall–Kier alpha value is -3.22. The number of hydrogen-bond acceptors (Lipinski definition) is 5. The van der Waals surface area contributed by atoms with Gasteiger partial charge in [-0.05, 0) is 49.6 Å². The van der Waals surface area contributed by atoms with Crippen molar-refractivity contribution in [3.63, 3.8) is 0 Å². The molecule has 0 amide bonds. The van der Waals surface area contributed by atoms with Crippen molar-refractivity contribution in [3.05, 3.63) is 58.5 Å². The number of aryl methyl sites for hydroxylation is 1. The molecular formula is C22H24N6O. The van der Waals surface area contributed by atoms with Crippen LogP contribution in [0.5, 0.6) is 0 Å². The van der Waals surface area contributed by atoms with Crippen molar-refractivity contribution in [3.8, 4) is 0 Å². The van der Waals surface area contributed by atoms with Gasteiger partial charge in [-0.25, -0.2) is 15.0 Å². The minimum atomic E-state index is -0.0528. The lowest BCUT2D eigenvalue weighted by Gasteiger charge is -2.33. The minimum absolute atomic E-state index is 0.0528. The molecule has 1 atom stereocenters. The maximum atomic E-state index is 13.5. The van der Waals surface area contributed by atoms with Gasteiger partial charge in [0.05, 0.1) is 17.8 Å². The van der Waals surface area contributed by atoms with Crippen LogP contribution in [0, 0.1) is 6.92 Å². The third-order valence-corrected chi connectivity index (χ3v) is 6.05. The summed E-state index contributed by atoms with van der Waals surface area (Å²) in [6.07, 6.45) is 7.24. The number of pyridine rings is 1. The van der Waals surface area contributed by atoms with Crippen molar-refractivity contribution in [1.29, 1.82) is 0 Å². The van der Waals surface area contributed by atoms with Gasteiger partial charge < -0.3 is 14.9 Å². The van der Waals surface area contributed by atoms with Crippen molar-refractivity contribution in [2.24, 2.45) is 0 Å². The van der Waals surface area contributed by atoms with Crippen LogP contribution < -0.4 is 10.9 Å². The van der Waals surface area contributed by atoms with Gasteiger partial charge in [0.15, 0.2) is 11.5 Å². The van der Waals surface area contributed by atoms with Crippen LogP contribution in [-0.4, -0.2) is 24.5 Å². The van der Waals surface area contributed by atoms with Crippen LogP contribution in [0.25, 0.3) is 21.9 Å². The lowest BCUT2D eigenvalue weighted by molar-refractivity contribution is 0.297. The van der Waals surface area contributed by atoms with E-state index in [1.807, 2.05) is 29.7 Å². The number of rotatable bonds is 5. The van der Waals surface area contributed by atoms with Crippen LogP contribution in [-0.2, 0) is 0 Å². The van der Waals surface area contributed by atoms with Crippen molar-refractivity contribution in [2.75, 3.05) is 5.32 Å². The molecule has 29 heavy (non-hydrogen) atoms. The molecule has 0 spiro atoms. The van der Waals surface area contributed by atoms with E-state index in [2.05, 4.69) is 38.2 Å². The standard InChI is InChI=1S/C22H24N6O/c1-3-16(27-21-19-20(24-11-23-19)25-12-26-21)17-10-14-7-4-6-13(2)18(14)22(29)28(17)15-8-5-9-15/h4,6-7,10-12,15-16H,3,5,8-9H2,1-2H3,(H2,23,24,25,26,27). The Morgan fingerprint density at radius 3 is 2.90 bits per heavy atom. The highest BCUT2D eigenvalue weighted by molar-refractivity contribution is 5.85. The van der Waals surface area contributed by atoms with E-state index in [4.69, 9.17) is 0 Å². The van der Waals surface area contributed by atoms with Gasteiger partial charge in [-0.15, -0.1) is 0 Å². The maximum Gasteiger partial charge on any atom is 0.259 e. The molecule has 0 aliphatic heterocycles. The first-order chi connectivity index (χ1) is 14.2. The number of anilines is 1. The van der Waals surface area contributed by atoms with Gasteiger partial charge >= 0.3 is 0 Å². The molecule has 5 rings (SSSR count). The Labute approximate surface area is 168 Å². The molecule has 0 bridgehead atoms. The summed E-state index contributed by atoms with van der Waals surface area (Å²) < 4.78 is 2.03. The summed E-state index contributed by atoms with van der Waals surface area (Å²) in [5.41, 5.74) is 3.57. The Kier molecular flexibility index (Phi) is 4.30. The lowest BCUT2D eigenvalue weighted by atomic mass is 9.91. The highest BCUT2D eigenvalue weighted by Gasteiger charge is 2.27. The molecule has 4 aromatic rings. The molecule has 3 heterocycles. The molecule has 148 valence electrons. The van der Waals surface area contributed by atoms with Gasteiger partial charge in [-0.3, -0.25) is 4.79 Å². The molecule has 7 heteroatoms. The number of H-pyrrole nitrogens is 1. The molecule has 1 saturated carbocycles. The Morgan fingerprint density at radius 2 is 2.14 bits per heavy atom. The Balaban J connectivity index is 1.67. The maximum absolute atomic E-state index is 13.5. The first kappa shape index (κ1) is 17.8. The van der Waals surface area contributed by atoms with Crippen molar-refractivity contribution in [2.45, 2.75) is 51.6 Å². The van der Waals surface area contributed by atoms with E-state index in [0.717, 1.165) is 41.3 Å². The Bertz CT molecular complexity index is 1250. The zero-order chi connectivity index (χ0) is 20.0. The second-order valence-electron chi connectivity index (χ2n) is 7.80. The third-order valence-electron chi connectivity index (χ3n) is 6.05. The number of nitrogens with zero attached hydrogens (tertiary/aromatic N) is 4. The quantitative estimate of drug-likeness (QED) is 0.533. The number of fused-ring (bicyclic) bond motifs is 2. The number of benzene rings is 1. The fourth-order valence-electron chi connectivity index (χ4n) is 4.28. The largest absolute Gasteiger partial charge is 0.360 e. The van der Waals surface area contributed by atoms with E-state index in [1.165, 1.54) is 12.7 Å². The predicted octanol–water partition coefficient (Wildman–Crippen LogP) is 4.26.